The number of aliphatic carboxylic acids is 1. The third-order valence-corrected chi connectivity index (χ3v) is 5.58. The van der Waals surface area contributed by atoms with Crippen molar-refractivity contribution in [2.45, 2.75) is 23.9 Å². The third kappa shape index (κ3) is 3.39. The Kier molecular flexibility index (Phi) is 4.78. The number of carboxylic acid groups (broad SMARTS) is 1. The van der Waals surface area contributed by atoms with Crippen LogP contribution in [0.1, 0.15) is 12.0 Å². The number of hydrogen-bond acceptors (Lipinski definition) is 5. The quantitative estimate of drug-likeness (QED) is 0.583. The van der Waals surface area contributed by atoms with E-state index in [9.17, 15) is 4.79 Å². The Labute approximate surface area is 162 Å². The van der Waals surface area contributed by atoms with Crippen LogP contribution in [-0.4, -0.2) is 27.4 Å². The number of para-hydroxylation sites is 1. The first-order valence-electron chi connectivity index (χ1n) is 7.99. The molecule has 1 N–H and O–H groups in total. The molecule has 0 spiro atoms. The van der Waals surface area contributed by atoms with Gasteiger partial charge >= 0.3 is 5.97 Å². The maximum atomic E-state index is 11.0. The highest BCUT2D eigenvalue weighted by Crippen LogP contribution is 2.38. The van der Waals surface area contributed by atoms with Crippen molar-refractivity contribution < 1.29 is 19.4 Å². The number of rotatable bonds is 6. The monoisotopic (exact) mass is 434 g/mol. The lowest BCUT2D eigenvalue weighted by Gasteiger charge is -2.09. The molecule has 0 radical (unpaired) electrons. The SMILES string of the molecule is O=C(O)CCn1c(SCc2cccc3c2OCO3)nc2ccc(Br)cc21. The lowest BCUT2D eigenvalue weighted by Crippen LogP contribution is -2.05. The van der Waals surface area contributed by atoms with Gasteiger partial charge in [-0.1, -0.05) is 39.8 Å². The van der Waals surface area contributed by atoms with Gasteiger partial charge in [-0.15, -0.1) is 0 Å². The topological polar surface area (TPSA) is 73.6 Å². The molecule has 0 amide bonds. The minimum atomic E-state index is -0.829. The molecule has 0 saturated carbocycles. The van der Waals surface area contributed by atoms with Crippen molar-refractivity contribution in [1.82, 2.24) is 9.55 Å². The van der Waals surface area contributed by atoms with Crippen LogP contribution in [0.4, 0.5) is 0 Å². The Morgan fingerprint density at radius 2 is 2.19 bits per heavy atom. The van der Waals surface area contributed by atoms with Crippen molar-refractivity contribution in [3.63, 3.8) is 0 Å². The fraction of sp³-hybridized carbons (Fsp3) is 0.222. The van der Waals surface area contributed by atoms with Crippen LogP contribution in [0.25, 0.3) is 11.0 Å². The number of fused-ring (bicyclic) bond motifs is 2. The van der Waals surface area contributed by atoms with Crippen molar-refractivity contribution >= 4 is 44.7 Å². The van der Waals surface area contributed by atoms with Crippen LogP contribution in [0, 0.1) is 0 Å². The van der Waals surface area contributed by atoms with E-state index >= 15 is 0 Å². The summed E-state index contributed by atoms with van der Waals surface area (Å²) in [6.45, 7) is 0.610. The van der Waals surface area contributed by atoms with E-state index in [-0.39, 0.29) is 13.2 Å². The highest BCUT2D eigenvalue weighted by atomic mass is 79.9. The number of halogens is 1. The first kappa shape index (κ1) is 17.2. The summed E-state index contributed by atoms with van der Waals surface area (Å²) < 4.78 is 13.9. The number of thioether (sulfide) groups is 1. The zero-order chi connectivity index (χ0) is 18.1. The van der Waals surface area contributed by atoms with Crippen LogP contribution in [0.15, 0.2) is 46.0 Å². The van der Waals surface area contributed by atoms with Crippen LogP contribution < -0.4 is 9.47 Å². The third-order valence-electron chi connectivity index (χ3n) is 4.06. The molecule has 0 fully saturated rings. The molecule has 8 heteroatoms. The van der Waals surface area contributed by atoms with Gasteiger partial charge in [0.2, 0.25) is 6.79 Å². The maximum absolute atomic E-state index is 11.0. The Bertz CT molecular complexity index is 989. The Morgan fingerprint density at radius 3 is 3.04 bits per heavy atom. The second kappa shape index (κ2) is 7.20. The number of hydrogen-bond donors (Lipinski definition) is 1. The predicted molar refractivity (Wildman–Crippen MR) is 102 cm³/mol. The minimum absolute atomic E-state index is 0.0449. The number of carbonyl (C=O) groups is 1. The van der Waals surface area contributed by atoms with E-state index in [1.54, 1.807) is 11.8 Å². The van der Waals surface area contributed by atoms with Gasteiger partial charge in [0.05, 0.1) is 17.5 Å². The number of carboxylic acids is 1. The molecule has 1 aliphatic heterocycles. The Hall–Kier alpha value is -2.19. The molecule has 0 unspecified atom stereocenters. The average molecular weight is 435 g/mol. The molecule has 2 aromatic carbocycles. The van der Waals surface area contributed by atoms with Gasteiger partial charge in [0.15, 0.2) is 16.7 Å². The van der Waals surface area contributed by atoms with Crippen LogP contribution in [0.3, 0.4) is 0 Å². The van der Waals surface area contributed by atoms with E-state index in [1.165, 1.54) is 0 Å². The van der Waals surface area contributed by atoms with Gasteiger partial charge in [0.1, 0.15) is 0 Å². The Morgan fingerprint density at radius 1 is 1.31 bits per heavy atom. The molecule has 2 heterocycles. The molecular weight excluding hydrogens is 420 g/mol. The number of aromatic nitrogens is 2. The summed E-state index contributed by atoms with van der Waals surface area (Å²) in [4.78, 5) is 15.7. The van der Waals surface area contributed by atoms with Crippen LogP contribution in [-0.2, 0) is 17.1 Å². The van der Waals surface area contributed by atoms with E-state index in [0.717, 1.165) is 37.7 Å². The van der Waals surface area contributed by atoms with Gasteiger partial charge in [0, 0.05) is 22.3 Å². The van der Waals surface area contributed by atoms with Crippen molar-refractivity contribution in [2.24, 2.45) is 0 Å². The van der Waals surface area contributed by atoms with E-state index in [2.05, 4.69) is 20.9 Å². The van der Waals surface area contributed by atoms with E-state index < -0.39 is 5.97 Å². The molecule has 0 aliphatic carbocycles. The van der Waals surface area contributed by atoms with Crippen molar-refractivity contribution in [1.29, 1.82) is 0 Å². The van der Waals surface area contributed by atoms with E-state index in [1.807, 2.05) is 41.0 Å². The van der Waals surface area contributed by atoms with Gasteiger partial charge < -0.3 is 19.1 Å². The van der Waals surface area contributed by atoms with Gasteiger partial charge in [-0.25, -0.2) is 4.98 Å². The lowest BCUT2D eigenvalue weighted by molar-refractivity contribution is -0.137. The van der Waals surface area contributed by atoms with E-state index in [0.29, 0.717) is 12.3 Å². The van der Waals surface area contributed by atoms with Gasteiger partial charge in [0.25, 0.3) is 0 Å². The molecule has 0 saturated heterocycles. The number of aryl methyl sites for hydroxylation is 1. The molecule has 3 aromatic rings. The van der Waals surface area contributed by atoms with Gasteiger partial charge in [-0.2, -0.15) is 0 Å². The first-order chi connectivity index (χ1) is 12.6. The van der Waals surface area contributed by atoms with Crippen molar-refractivity contribution in [3.8, 4) is 11.5 Å². The highest BCUT2D eigenvalue weighted by Gasteiger charge is 2.19. The summed E-state index contributed by atoms with van der Waals surface area (Å²) in [6, 6.07) is 11.6. The van der Waals surface area contributed by atoms with Gasteiger partial charge in [-0.05, 0) is 24.3 Å². The largest absolute Gasteiger partial charge is 0.481 e. The molecule has 1 aliphatic rings. The maximum Gasteiger partial charge on any atom is 0.305 e. The zero-order valence-electron chi connectivity index (χ0n) is 13.6. The minimum Gasteiger partial charge on any atom is -0.481 e. The second-order valence-electron chi connectivity index (χ2n) is 5.76. The average Bonchev–Trinajstić information content (AvgIpc) is 3.22. The Balaban J connectivity index is 1.64. The fourth-order valence-electron chi connectivity index (χ4n) is 2.85. The molecular formula is C18H15BrN2O4S. The first-order valence-corrected chi connectivity index (χ1v) is 9.77. The molecule has 0 atom stereocenters. The lowest BCUT2D eigenvalue weighted by atomic mass is 10.2. The van der Waals surface area contributed by atoms with Crippen molar-refractivity contribution in [3.05, 3.63) is 46.4 Å². The smallest absolute Gasteiger partial charge is 0.305 e. The normalized spacial score (nSPS) is 12.7. The van der Waals surface area contributed by atoms with Crippen molar-refractivity contribution in [2.75, 3.05) is 6.79 Å². The van der Waals surface area contributed by atoms with Crippen LogP contribution in [0.2, 0.25) is 0 Å². The van der Waals surface area contributed by atoms with E-state index in [4.69, 9.17) is 14.6 Å². The number of ether oxygens (including phenoxy) is 2. The van der Waals surface area contributed by atoms with Crippen LogP contribution >= 0.6 is 27.7 Å². The number of nitrogens with zero attached hydrogens (tertiary/aromatic N) is 2. The number of imidazole rings is 1. The summed E-state index contributed by atoms with van der Waals surface area (Å²) in [5, 5.41) is 9.85. The summed E-state index contributed by atoms with van der Waals surface area (Å²) in [6.07, 6.45) is 0.0449. The summed E-state index contributed by atoms with van der Waals surface area (Å²) in [7, 11) is 0. The fourth-order valence-corrected chi connectivity index (χ4v) is 4.22. The molecule has 1 aromatic heterocycles. The molecule has 26 heavy (non-hydrogen) atoms. The molecule has 4 rings (SSSR count). The predicted octanol–water partition coefficient (Wildman–Crippen LogP) is 4.29. The molecule has 134 valence electrons. The molecule has 6 nitrogen and oxygen atoms in total. The summed E-state index contributed by atoms with van der Waals surface area (Å²) in [5.41, 5.74) is 2.79. The summed E-state index contributed by atoms with van der Waals surface area (Å²) >= 11 is 5.03. The number of benzene rings is 2. The summed E-state index contributed by atoms with van der Waals surface area (Å²) in [5.74, 6) is 1.36. The molecule has 0 bridgehead atoms. The van der Waals surface area contributed by atoms with Gasteiger partial charge in [-0.3, -0.25) is 4.79 Å². The second-order valence-corrected chi connectivity index (χ2v) is 7.62. The standard InChI is InChI=1S/C18H15BrN2O4S/c19-12-4-5-13-14(8-12)21(7-6-16(22)23)18(20-13)26-9-11-2-1-3-15-17(11)25-10-24-15/h1-5,8H,6-7,9-10H2,(H,22,23). The zero-order valence-corrected chi connectivity index (χ0v) is 16.0. The highest BCUT2D eigenvalue weighted by molar-refractivity contribution is 9.10. The van der Waals surface area contributed by atoms with Crippen LogP contribution in [0.5, 0.6) is 11.5 Å².